The van der Waals surface area contributed by atoms with Crippen molar-refractivity contribution in [2.24, 2.45) is 0 Å². The first-order valence-electron chi connectivity index (χ1n) is 10.1. The van der Waals surface area contributed by atoms with Crippen molar-refractivity contribution in [3.8, 4) is 11.4 Å². The number of hydrogen-bond acceptors (Lipinski definition) is 4. The SMILES string of the molecule is CCOc1ccc(-n2c(Cc3ccccc3)nnc2SCc2ccc(C)cc2)cc1. The van der Waals surface area contributed by atoms with Gasteiger partial charge in [0.15, 0.2) is 5.16 Å². The van der Waals surface area contributed by atoms with Crippen LogP contribution >= 0.6 is 11.8 Å². The zero-order valence-electron chi connectivity index (χ0n) is 17.3. The molecule has 152 valence electrons. The van der Waals surface area contributed by atoms with Gasteiger partial charge in [-0.15, -0.1) is 10.2 Å². The number of ether oxygens (including phenoxy) is 1. The third-order valence-electron chi connectivity index (χ3n) is 4.80. The van der Waals surface area contributed by atoms with E-state index in [1.54, 1.807) is 11.8 Å². The summed E-state index contributed by atoms with van der Waals surface area (Å²) in [4.78, 5) is 0. The van der Waals surface area contributed by atoms with Crippen molar-refractivity contribution in [2.45, 2.75) is 31.2 Å². The molecule has 0 N–H and O–H groups in total. The molecule has 4 aromatic rings. The molecule has 0 aliphatic carbocycles. The minimum atomic E-state index is 0.656. The molecular weight excluding hydrogens is 390 g/mol. The Hall–Kier alpha value is -3.05. The van der Waals surface area contributed by atoms with E-state index in [4.69, 9.17) is 4.74 Å². The predicted octanol–water partition coefficient (Wildman–Crippen LogP) is 5.86. The summed E-state index contributed by atoms with van der Waals surface area (Å²) in [6, 6.07) is 27.2. The van der Waals surface area contributed by atoms with Crippen LogP contribution in [0.5, 0.6) is 5.75 Å². The first-order valence-corrected chi connectivity index (χ1v) is 11.1. The molecule has 0 saturated heterocycles. The largest absolute Gasteiger partial charge is 0.494 e. The summed E-state index contributed by atoms with van der Waals surface area (Å²) in [6.45, 7) is 4.75. The molecular formula is C25H25N3OS. The van der Waals surface area contributed by atoms with Gasteiger partial charge >= 0.3 is 0 Å². The van der Waals surface area contributed by atoms with Crippen molar-refractivity contribution in [1.29, 1.82) is 0 Å². The Balaban J connectivity index is 1.64. The standard InChI is InChI=1S/C25H25N3OS/c1-3-29-23-15-13-22(14-16-23)28-24(17-20-7-5-4-6-8-20)26-27-25(28)30-18-21-11-9-19(2)10-12-21/h4-16H,3,17-18H2,1-2H3. The molecule has 0 fully saturated rings. The Morgan fingerprint density at radius 2 is 1.57 bits per heavy atom. The maximum absolute atomic E-state index is 5.60. The van der Waals surface area contributed by atoms with E-state index in [0.29, 0.717) is 6.61 Å². The summed E-state index contributed by atoms with van der Waals surface area (Å²) in [5.41, 5.74) is 4.80. The Labute approximate surface area is 181 Å². The van der Waals surface area contributed by atoms with Crippen molar-refractivity contribution in [3.63, 3.8) is 0 Å². The van der Waals surface area contributed by atoms with Crippen molar-refractivity contribution in [2.75, 3.05) is 6.61 Å². The Kier molecular flexibility index (Phi) is 6.50. The molecule has 0 amide bonds. The molecule has 1 aromatic heterocycles. The van der Waals surface area contributed by atoms with Crippen LogP contribution in [0.4, 0.5) is 0 Å². The average Bonchev–Trinajstić information content (AvgIpc) is 3.17. The summed E-state index contributed by atoms with van der Waals surface area (Å²) in [7, 11) is 0. The molecule has 0 spiro atoms. The lowest BCUT2D eigenvalue weighted by Crippen LogP contribution is -2.04. The number of aromatic nitrogens is 3. The second-order valence-electron chi connectivity index (χ2n) is 7.10. The molecule has 4 rings (SSSR count). The summed E-state index contributed by atoms with van der Waals surface area (Å²) in [5.74, 6) is 2.64. The number of rotatable bonds is 8. The molecule has 1 heterocycles. The van der Waals surface area contributed by atoms with Crippen molar-refractivity contribution < 1.29 is 4.74 Å². The monoisotopic (exact) mass is 415 g/mol. The van der Waals surface area contributed by atoms with E-state index in [1.807, 2.05) is 25.1 Å². The highest BCUT2D eigenvalue weighted by atomic mass is 32.2. The van der Waals surface area contributed by atoms with E-state index in [-0.39, 0.29) is 0 Å². The molecule has 0 atom stereocenters. The quantitative estimate of drug-likeness (QED) is 0.338. The van der Waals surface area contributed by atoms with Crippen LogP contribution in [-0.2, 0) is 12.2 Å². The first-order chi connectivity index (χ1) is 14.7. The number of hydrogen-bond donors (Lipinski definition) is 0. The summed E-state index contributed by atoms with van der Waals surface area (Å²) < 4.78 is 7.76. The van der Waals surface area contributed by atoms with E-state index < -0.39 is 0 Å². The van der Waals surface area contributed by atoms with Gasteiger partial charge in [0.25, 0.3) is 0 Å². The van der Waals surface area contributed by atoms with Crippen molar-refractivity contribution in [3.05, 3.63) is 101 Å². The summed E-state index contributed by atoms with van der Waals surface area (Å²) in [6.07, 6.45) is 0.728. The van der Waals surface area contributed by atoms with Gasteiger partial charge in [0.05, 0.1) is 6.61 Å². The minimum Gasteiger partial charge on any atom is -0.494 e. The van der Waals surface area contributed by atoms with Gasteiger partial charge in [-0.2, -0.15) is 0 Å². The summed E-state index contributed by atoms with van der Waals surface area (Å²) in [5, 5.41) is 9.95. The third kappa shape index (κ3) is 4.92. The van der Waals surface area contributed by atoms with E-state index >= 15 is 0 Å². The van der Waals surface area contributed by atoms with Gasteiger partial charge in [-0.1, -0.05) is 71.9 Å². The van der Waals surface area contributed by atoms with Crippen molar-refractivity contribution in [1.82, 2.24) is 14.8 Å². The molecule has 0 radical (unpaired) electrons. The molecule has 0 bridgehead atoms. The zero-order chi connectivity index (χ0) is 20.8. The number of aryl methyl sites for hydroxylation is 1. The second kappa shape index (κ2) is 9.63. The molecule has 3 aromatic carbocycles. The second-order valence-corrected chi connectivity index (χ2v) is 8.04. The molecule has 0 aliphatic rings. The van der Waals surface area contributed by atoms with Gasteiger partial charge in [0, 0.05) is 17.9 Å². The Morgan fingerprint density at radius 1 is 0.833 bits per heavy atom. The first kappa shape index (κ1) is 20.2. The van der Waals surface area contributed by atoms with Crippen LogP contribution in [-0.4, -0.2) is 21.4 Å². The fraction of sp³-hybridized carbons (Fsp3) is 0.200. The highest BCUT2D eigenvalue weighted by molar-refractivity contribution is 7.98. The van der Waals surface area contributed by atoms with Crippen LogP contribution in [0, 0.1) is 6.92 Å². The number of thioether (sulfide) groups is 1. The van der Waals surface area contributed by atoms with Crippen molar-refractivity contribution >= 4 is 11.8 Å². The van der Waals surface area contributed by atoms with Gasteiger partial charge in [0.2, 0.25) is 0 Å². The molecule has 30 heavy (non-hydrogen) atoms. The Morgan fingerprint density at radius 3 is 2.27 bits per heavy atom. The maximum atomic E-state index is 5.60. The van der Waals surface area contributed by atoms with Gasteiger partial charge < -0.3 is 4.74 Å². The molecule has 0 unspecified atom stereocenters. The molecule has 5 heteroatoms. The lowest BCUT2D eigenvalue weighted by Gasteiger charge is -2.12. The highest BCUT2D eigenvalue weighted by Gasteiger charge is 2.15. The summed E-state index contributed by atoms with van der Waals surface area (Å²) >= 11 is 1.70. The molecule has 0 aliphatic heterocycles. The van der Waals surface area contributed by atoms with Gasteiger partial charge in [-0.05, 0) is 49.2 Å². The Bertz CT molecular complexity index is 1070. The zero-order valence-corrected chi connectivity index (χ0v) is 18.1. The number of nitrogens with zero attached hydrogens (tertiary/aromatic N) is 3. The average molecular weight is 416 g/mol. The van der Waals surface area contributed by atoms with Crippen LogP contribution < -0.4 is 4.74 Å². The smallest absolute Gasteiger partial charge is 0.196 e. The highest BCUT2D eigenvalue weighted by Crippen LogP contribution is 2.27. The van der Waals surface area contributed by atoms with Crippen LogP contribution in [0.1, 0.15) is 29.4 Å². The third-order valence-corrected chi connectivity index (χ3v) is 5.80. The van der Waals surface area contributed by atoms with Crippen LogP contribution in [0.2, 0.25) is 0 Å². The maximum Gasteiger partial charge on any atom is 0.196 e. The fourth-order valence-corrected chi connectivity index (χ4v) is 4.16. The predicted molar refractivity (Wildman–Crippen MR) is 123 cm³/mol. The van der Waals surface area contributed by atoms with E-state index in [1.165, 1.54) is 16.7 Å². The number of benzene rings is 3. The van der Waals surface area contributed by atoms with E-state index in [9.17, 15) is 0 Å². The van der Waals surface area contributed by atoms with E-state index in [2.05, 4.69) is 82.4 Å². The van der Waals surface area contributed by atoms with Gasteiger partial charge in [-0.25, -0.2) is 0 Å². The minimum absolute atomic E-state index is 0.656. The molecule has 4 nitrogen and oxygen atoms in total. The van der Waals surface area contributed by atoms with Gasteiger partial charge in [0.1, 0.15) is 11.6 Å². The molecule has 0 saturated carbocycles. The van der Waals surface area contributed by atoms with Crippen LogP contribution in [0.25, 0.3) is 5.69 Å². The lowest BCUT2D eigenvalue weighted by atomic mass is 10.1. The van der Waals surface area contributed by atoms with E-state index in [0.717, 1.165) is 34.6 Å². The van der Waals surface area contributed by atoms with Gasteiger partial charge in [-0.3, -0.25) is 4.57 Å². The van der Waals surface area contributed by atoms with Crippen LogP contribution in [0.3, 0.4) is 0 Å². The van der Waals surface area contributed by atoms with Crippen LogP contribution in [0.15, 0.2) is 84.0 Å². The normalized spacial score (nSPS) is 10.9. The lowest BCUT2D eigenvalue weighted by molar-refractivity contribution is 0.340. The topological polar surface area (TPSA) is 39.9 Å². The fourth-order valence-electron chi connectivity index (χ4n) is 3.24.